The Morgan fingerprint density at radius 2 is 2.08 bits per heavy atom. The van der Waals surface area contributed by atoms with Gasteiger partial charge in [-0.25, -0.2) is 9.59 Å². The number of carbonyl (C=O) groups excluding carboxylic acids is 3. The zero-order valence-electron chi connectivity index (χ0n) is 12.9. The highest BCUT2D eigenvalue weighted by Crippen LogP contribution is 2.12. The summed E-state index contributed by atoms with van der Waals surface area (Å²) in [6.45, 7) is 1.96. The molecule has 3 rings (SSSR count). The standard InChI is InChI=1S/C16H15N3O5/c1-10-6-13(24-18-10)9-23-15(21)12-4-2-11(3-5-12)8-19-14(20)7-17-16(19)22/h2-6H,7-9H2,1H3,(H,17,22). The molecule has 0 saturated carbocycles. The third-order valence-electron chi connectivity index (χ3n) is 3.49. The third-order valence-corrected chi connectivity index (χ3v) is 3.49. The van der Waals surface area contributed by atoms with Crippen LogP contribution in [0.3, 0.4) is 0 Å². The molecular weight excluding hydrogens is 314 g/mol. The summed E-state index contributed by atoms with van der Waals surface area (Å²) in [5.41, 5.74) is 1.82. The van der Waals surface area contributed by atoms with Crippen LogP contribution in [0.5, 0.6) is 0 Å². The molecule has 1 aliphatic heterocycles. The lowest BCUT2D eigenvalue weighted by molar-refractivity contribution is -0.125. The van der Waals surface area contributed by atoms with Gasteiger partial charge in [-0.2, -0.15) is 0 Å². The summed E-state index contributed by atoms with van der Waals surface area (Å²) in [5.74, 6) is -0.299. The van der Waals surface area contributed by atoms with Crippen LogP contribution in [0.25, 0.3) is 0 Å². The van der Waals surface area contributed by atoms with Gasteiger partial charge in [0.15, 0.2) is 12.4 Å². The summed E-state index contributed by atoms with van der Waals surface area (Å²) >= 11 is 0. The minimum atomic E-state index is -0.495. The number of esters is 1. The largest absolute Gasteiger partial charge is 0.454 e. The fourth-order valence-electron chi connectivity index (χ4n) is 2.25. The van der Waals surface area contributed by atoms with E-state index in [-0.39, 0.29) is 25.6 Å². The zero-order chi connectivity index (χ0) is 17.1. The second-order valence-corrected chi connectivity index (χ2v) is 5.35. The summed E-state index contributed by atoms with van der Waals surface area (Å²) in [6, 6.07) is 7.80. The number of carbonyl (C=O) groups is 3. The topological polar surface area (TPSA) is 102 Å². The van der Waals surface area contributed by atoms with E-state index in [9.17, 15) is 14.4 Å². The average molecular weight is 329 g/mol. The van der Waals surface area contributed by atoms with Crippen molar-refractivity contribution in [3.05, 3.63) is 52.9 Å². The molecule has 0 unspecified atom stereocenters. The first-order valence-corrected chi connectivity index (χ1v) is 7.29. The SMILES string of the molecule is Cc1cc(COC(=O)c2ccc(CN3C(=O)CNC3=O)cc2)on1. The van der Waals surface area contributed by atoms with Crippen molar-refractivity contribution in [1.82, 2.24) is 15.4 Å². The minimum Gasteiger partial charge on any atom is -0.454 e. The number of urea groups is 1. The van der Waals surface area contributed by atoms with Gasteiger partial charge >= 0.3 is 12.0 Å². The Hall–Kier alpha value is -3.16. The lowest BCUT2D eigenvalue weighted by atomic mass is 10.1. The Labute approximate surface area is 137 Å². The molecule has 24 heavy (non-hydrogen) atoms. The van der Waals surface area contributed by atoms with Crippen molar-refractivity contribution in [3.63, 3.8) is 0 Å². The number of hydrogen-bond donors (Lipinski definition) is 1. The summed E-state index contributed by atoms with van der Waals surface area (Å²) in [6.07, 6.45) is 0. The average Bonchev–Trinajstić information content (AvgIpc) is 3.13. The van der Waals surface area contributed by atoms with Gasteiger partial charge in [-0.1, -0.05) is 17.3 Å². The number of rotatable bonds is 5. The first-order chi connectivity index (χ1) is 11.5. The summed E-state index contributed by atoms with van der Waals surface area (Å²) < 4.78 is 10.1. The highest BCUT2D eigenvalue weighted by molar-refractivity contribution is 6.01. The Kier molecular flexibility index (Phi) is 4.28. The zero-order valence-corrected chi connectivity index (χ0v) is 12.9. The Balaban J connectivity index is 1.58. The molecule has 1 aromatic heterocycles. The van der Waals surface area contributed by atoms with Crippen molar-refractivity contribution >= 4 is 17.9 Å². The summed E-state index contributed by atoms with van der Waals surface area (Å²) in [4.78, 5) is 36.1. The molecule has 8 nitrogen and oxygen atoms in total. The summed E-state index contributed by atoms with van der Waals surface area (Å²) in [5, 5.41) is 6.16. The molecule has 1 aliphatic rings. The van der Waals surface area contributed by atoms with Crippen molar-refractivity contribution in [3.8, 4) is 0 Å². The Morgan fingerprint density at radius 1 is 1.33 bits per heavy atom. The predicted molar refractivity (Wildman–Crippen MR) is 80.8 cm³/mol. The summed E-state index contributed by atoms with van der Waals surface area (Å²) in [7, 11) is 0. The monoisotopic (exact) mass is 329 g/mol. The molecule has 0 aliphatic carbocycles. The van der Waals surface area contributed by atoms with Crippen LogP contribution < -0.4 is 5.32 Å². The lowest BCUT2D eigenvalue weighted by Gasteiger charge is -2.12. The molecule has 3 amide bonds. The molecule has 1 N–H and O–H groups in total. The predicted octanol–water partition coefficient (Wildman–Crippen LogP) is 1.39. The number of benzene rings is 1. The van der Waals surface area contributed by atoms with E-state index < -0.39 is 12.0 Å². The molecule has 1 saturated heterocycles. The van der Waals surface area contributed by atoms with Gasteiger partial charge in [0.25, 0.3) is 0 Å². The minimum absolute atomic E-state index is 0.00384. The Morgan fingerprint density at radius 3 is 2.67 bits per heavy atom. The van der Waals surface area contributed by atoms with E-state index in [1.54, 1.807) is 37.3 Å². The van der Waals surface area contributed by atoms with Crippen LogP contribution in [0.1, 0.15) is 27.4 Å². The van der Waals surface area contributed by atoms with E-state index >= 15 is 0 Å². The van der Waals surface area contributed by atoms with Gasteiger partial charge in [-0.15, -0.1) is 0 Å². The number of imide groups is 1. The van der Waals surface area contributed by atoms with E-state index in [0.717, 1.165) is 10.5 Å². The van der Waals surface area contributed by atoms with Gasteiger partial charge in [0.1, 0.15) is 0 Å². The molecule has 0 bridgehead atoms. The molecule has 2 heterocycles. The van der Waals surface area contributed by atoms with E-state index in [2.05, 4.69) is 10.5 Å². The van der Waals surface area contributed by atoms with E-state index in [1.807, 2.05) is 0 Å². The first kappa shape index (κ1) is 15.7. The van der Waals surface area contributed by atoms with Gasteiger partial charge in [0, 0.05) is 6.07 Å². The van der Waals surface area contributed by atoms with Crippen LogP contribution in [0.2, 0.25) is 0 Å². The third kappa shape index (κ3) is 3.43. The van der Waals surface area contributed by atoms with Gasteiger partial charge in [-0.05, 0) is 24.6 Å². The molecule has 8 heteroatoms. The second kappa shape index (κ2) is 6.53. The molecule has 1 aromatic carbocycles. The van der Waals surface area contributed by atoms with E-state index in [4.69, 9.17) is 9.26 Å². The molecule has 0 spiro atoms. The molecule has 1 fully saturated rings. The van der Waals surface area contributed by atoms with Crippen molar-refractivity contribution in [2.45, 2.75) is 20.1 Å². The fourth-order valence-corrected chi connectivity index (χ4v) is 2.25. The molecule has 0 radical (unpaired) electrons. The van der Waals surface area contributed by atoms with Crippen molar-refractivity contribution < 1.29 is 23.6 Å². The van der Waals surface area contributed by atoms with Crippen molar-refractivity contribution in [2.75, 3.05) is 6.54 Å². The second-order valence-electron chi connectivity index (χ2n) is 5.35. The van der Waals surface area contributed by atoms with Gasteiger partial charge in [0.2, 0.25) is 5.91 Å². The maximum absolute atomic E-state index is 12.0. The number of nitrogens with one attached hydrogen (secondary N) is 1. The number of hydrogen-bond acceptors (Lipinski definition) is 6. The number of nitrogens with zero attached hydrogens (tertiary/aromatic N) is 2. The van der Waals surface area contributed by atoms with Crippen molar-refractivity contribution in [2.24, 2.45) is 0 Å². The lowest BCUT2D eigenvalue weighted by Crippen LogP contribution is -2.30. The molecular formula is C16H15N3O5. The molecule has 124 valence electrons. The number of aromatic nitrogens is 1. The van der Waals surface area contributed by atoms with E-state index in [1.165, 1.54) is 0 Å². The van der Waals surface area contributed by atoms with Crippen LogP contribution in [-0.2, 0) is 22.7 Å². The number of ether oxygens (including phenoxy) is 1. The first-order valence-electron chi connectivity index (χ1n) is 7.29. The molecule has 0 atom stereocenters. The van der Waals surface area contributed by atoms with Crippen LogP contribution in [0.15, 0.2) is 34.9 Å². The van der Waals surface area contributed by atoms with Crippen LogP contribution in [-0.4, -0.2) is 34.5 Å². The smallest absolute Gasteiger partial charge is 0.338 e. The number of aryl methyl sites for hydroxylation is 1. The van der Waals surface area contributed by atoms with Crippen LogP contribution in [0.4, 0.5) is 4.79 Å². The highest BCUT2D eigenvalue weighted by atomic mass is 16.5. The Bertz CT molecular complexity index is 765. The quantitative estimate of drug-likeness (QED) is 0.657. The number of amides is 3. The van der Waals surface area contributed by atoms with Gasteiger partial charge in [-0.3, -0.25) is 9.69 Å². The van der Waals surface area contributed by atoms with E-state index in [0.29, 0.717) is 17.0 Å². The van der Waals surface area contributed by atoms with Gasteiger partial charge < -0.3 is 14.6 Å². The maximum Gasteiger partial charge on any atom is 0.338 e. The van der Waals surface area contributed by atoms with Crippen LogP contribution >= 0.6 is 0 Å². The maximum atomic E-state index is 12.0. The van der Waals surface area contributed by atoms with Gasteiger partial charge in [0.05, 0.1) is 24.3 Å². The normalized spacial score (nSPS) is 14.0. The molecule has 2 aromatic rings. The highest BCUT2D eigenvalue weighted by Gasteiger charge is 2.28. The van der Waals surface area contributed by atoms with Crippen molar-refractivity contribution in [1.29, 1.82) is 0 Å². The fraction of sp³-hybridized carbons (Fsp3) is 0.250. The van der Waals surface area contributed by atoms with Crippen LogP contribution in [0, 0.1) is 6.92 Å².